The Labute approximate surface area is 110 Å². The van der Waals surface area contributed by atoms with E-state index < -0.39 is 0 Å². The minimum Gasteiger partial charge on any atom is -0.314 e. The van der Waals surface area contributed by atoms with E-state index in [4.69, 9.17) is 0 Å². The van der Waals surface area contributed by atoms with Crippen molar-refractivity contribution in [3.63, 3.8) is 0 Å². The van der Waals surface area contributed by atoms with Crippen LogP contribution in [0.15, 0.2) is 47.8 Å². The Morgan fingerprint density at radius 1 is 1.11 bits per heavy atom. The van der Waals surface area contributed by atoms with Crippen LogP contribution in [0.5, 0.6) is 0 Å². The zero-order chi connectivity index (χ0) is 12.4. The van der Waals surface area contributed by atoms with E-state index in [1.807, 2.05) is 7.05 Å². The number of aromatic nitrogens is 1. The molecular weight excluding hydrogens is 240 g/mol. The molecule has 1 heterocycles. The molecule has 1 aromatic heterocycles. The Bertz CT molecular complexity index is 668. The van der Waals surface area contributed by atoms with Crippen molar-refractivity contribution in [2.24, 2.45) is 0 Å². The first kappa shape index (κ1) is 11.4. The van der Waals surface area contributed by atoms with Gasteiger partial charge in [-0.1, -0.05) is 42.5 Å². The van der Waals surface area contributed by atoms with E-state index in [1.54, 1.807) is 11.3 Å². The molecule has 3 heteroatoms. The zero-order valence-corrected chi connectivity index (χ0v) is 11.0. The fraction of sp³-hybridized carbons (Fsp3) is 0.133. The van der Waals surface area contributed by atoms with Crippen molar-refractivity contribution in [3.05, 3.63) is 52.9 Å². The quantitative estimate of drug-likeness (QED) is 0.771. The Hall–Kier alpha value is -1.71. The van der Waals surface area contributed by atoms with Crippen LogP contribution in [0.2, 0.25) is 0 Å². The molecule has 0 saturated heterocycles. The second kappa shape index (κ2) is 4.88. The van der Waals surface area contributed by atoms with E-state index in [0.29, 0.717) is 0 Å². The zero-order valence-electron chi connectivity index (χ0n) is 10.2. The van der Waals surface area contributed by atoms with E-state index in [1.165, 1.54) is 16.3 Å². The SMILES string of the molecule is CNCc1nc(-c2cccc3ccccc23)cs1. The van der Waals surface area contributed by atoms with Crippen LogP contribution in [-0.2, 0) is 6.54 Å². The molecule has 2 aromatic carbocycles. The summed E-state index contributed by atoms with van der Waals surface area (Å²) in [6.07, 6.45) is 0. The highest BCUT2D eigenvalue weighted by Crippen LogP contribution is 2.29. The highest BCUT2D eigenvalue weighted by molar-refractivity contribution is 7.09. The van der Waals surface area contributed by atoms with Gasteiger partial charge in [-0.05, 0) is 17.8 Å². The van der Waals surface area contributed by atoms with Crippen molar-refractivity contribution >= 4 is 22.1 Å². The normalized spacial score (nSPS) is 10.9. The molecule has 0 unspecified atom stereocenters. The topological polar surface area (TPSA) is 24.9 Å². The second-order valence-electron chi connectivity index (χ2n) is 4.18. The van der Waals surface area contributed by atoms with Crippen LogP contribution < -0.4 is 5.32 Å². The molecule has 0 fully saturated rings. The predicted octanol–water partition coefficient (Wildman–Crippen LogP) is 3.68. The smallest absolute Gasteiger partial charge is 0.107 e. The van der Waals surface area contributed by atoms with Crippen molar-refractivity contribution in [2.75, 3.05) is 7.05 Å². The van der Waals surface area contributed by atoms with Crippen molar-refractivity contribution < 1.29 is 0 Å². The number of hydrogen-bond donors (Lipinski definition) is 1. The fourth-order valence-electron chi connectivity index (χ4n) is 2.12. The molecular formula is C15H14N2S. The maximum absolute atomic E-state index is 4.68. The molecule has 0 bridgehead atoms. The lowest BCUT2D eigenvalue weighted by molar-refractivity contribution is 0.811. The maximum Gasteiger partial charge on any atom is 0.107 e. The molecule has 18 heavy (non-hydrogen) atoms. The average molecular weight is 254 g/mol. The number of rotatable bonds is 3. The number of benzene rings is 2. The summed E-state index contributed by atoms with van der Waals surface area (Å²) in [6, 6.07) is 14.8. The molecule has 0 radical (unpaired) electrons. The van der Waals surface area contributed by atoms with Crippen molar-refractivity contribution in [1.29, 1.82) is 0 Å². The monoisotopic (exact) mass is 254 g/mol. The fourth-order valence-corrected chi connectivity index (χ4v) is 2.92. The lowest BCUT2D eigenvalue weighted by Gasteiger charge is -2.03. The highest BCUT2D eigenvalue weighted by Gasteiger charge is 2.07. The van der Waals surface area contributed by atoms with E-state index in [2.05, 4.69) is 58.1 Å². The van der Waals surface area contributed by atoms with Crippen LogP contribution in [-0.4, -0.2) is 12.0 Å². The lowest BCUT2D eigenvalue weighted by atomic mass is 10.0. The molecule has 0 aliphatic rings. The van der Waals surface area contributed by atoms with E-state index in [0.717, 1.165) is 17.2 Å². The highest BCUT2D eigenvalue weighted by atomic mass is 32.1. The third kappa shape index (κ3) is 2.03. The van der Waals surface area contributed by atoms with Gasteiger partial charge in [-0.15, -0.1) is 11.3 Å². The molecule has 3 aromatic rings. The number of fused-ring (bicyclic) bond motifs is 1. The van der Waals surface area contributed by atoms with Gasteiger partial charge >= 0.3 is 0 Å². The van der Waals surface area contributed by atoms with Gasteiger partial charge < -0.3 is 5.32 Å². The number of thiazole rings is 1. The van der Waals surface area contributed by atoms with Crippen LogP contribution >= 0.6 is 11.3 Å². The van der Waals surface area contributed by atoms with Crippen molar-refractivity contribution in [3.8, 4) is 11.3 Å². The third-order valence-corrected chi connectivity index (χ3v) is 3.79. The largest absolute Gasteiger partial charge is 0.314 e. The molecule has 0 spiro atoms. The molecule has 3 rings (SSSR count). The summed E-state index contributed by atoms with van der Waals surface area (Å²) in [5.41, 5.74) is 2.29. The van der Waals surface area contributed by atoms with Gasteiger partial charge in [-0.2, -0.15) is 0 Å². The minimum absolute atomic E-state index is 0.829. The summed E-state index contributed by atoms with van der Waals surface area (Å²) in [7, 11) is 1.94. The number of nitrogens with zero attached hydrogens (tertiary/aromatic N) is 1. The van der Waals surface area contributed by atoms with E-state index in [9.17, 15) is 0 Å². The van der Waals surface area contributed by atoms with Crippen molar-refractivity contribution in [2.45, 2.75) is 6.54 Å². The number of hydrogen-bond acceptors (Lipinski definition) is 3. The van der Waals surface area contributed by atoms with Gasteiger partial charge in [0, 0.05) is 17.5 Å². The van der Waals surface area contributed by atoms with E-state index >= 15 is 0 Å². The maximum atomic E-state index is 4.68. The van der Waals surface area contributed by atoms with Gasteiger partial charge in [-0.25, -0.2) is 4.98 Å². The summed E-state index contributed by atoms with van der Waals surface area (Å²) < 4.78 is 0. The number of nitrogens with one attached hydrogen (secondary N) is 1. The minimum atomic E-state index is 0.829. The molecule has 0 saturated carbocycles. The van der Waals surface area contributed by atoms with Gasteiger partial charge in [-0.3, -0.25) is 0 Å². The first-order chi connectivity index (χ1) is 8.88. The predicted molar refractivity (Wildman–Crippen MR) is 77.8 cm³/mol. The van der Waals surface area contributed by atoms with Gasteiger partial charge in [0.1, 0.15) is 5.01 Å². The van der Waals surface area contributed by atoms with E-state index in [-0.39, 0.29) is 0 Å². The van der Waals surface area contributed by atoms with Gasteiger partial charge in [0.05, 0.1) is 5.69 Å². The summed E-state index contributed by atoms with van der Waals surface area (Å²) in [5.74, 6) is 0. The Morgan fingerprint density at radius 2 is 1.94 bits per heavy atom. The molecule has 90 valence electrons. The second-order valence-corrected chi connectivity index (χ2v) is 5.13. The summed E-state index contributed by atoms with van der Waals surface area (Å²) >= 11 is 1.70. The molecule has 0 amide bonds. The van der Waals surface area contributed by atoms with Crippen LogP contribution in [0, 0.1) is 0 Å². The first-order valence-electron chi connectivity index (χ1n) is 5.95. The Morgan fingerprint density at radius 3 is 2.83 bits per heavy atom. The van der Waals surface area contributed by atoms with Crippen molar-refractivity contribution in [1.82, 2.24) is 10.3 Å². The molecule has 0 atom stereocenters. The summed E-state index contributed by atoms with van der Waals surface area (Å²) in [6.45, 7) is 0.829. The van der Waals surface area contributed by atoms with Crippen LogP contribution in [0.3, 0.4) is 0 Å². The third-order valence-electron chi connectivity index (χ3n) is 2.95. The average Bonchev–Trinajstić information content (AvgIpc) is 2.87. The van der Waals surface area contributed by atoms with Crippen LogP contribution in [0.4, 0.5) is 0 Å². The molecule has 1 N–H and O–H groups in total. The van der Waals surface area contributed by atoms with Gasteiger partial charge in [0.15, 0.2) is 0 Å². The Kier molecular flexibility index (Phi) is 3.09. The molecule has 2 nitrogen and oxygen atoms in total. The Balaban J connectivity index is 2.12. The summed E-state index contributed by atoms with van der Waals surface area (Å²) in [5, 5.41) is 8.92. The molecule has 0 aliphatic carbocycles. The van der Waals surface area contributed by atoms with Crippen LogP contribution in [0.25, 0.3) is 22.0 Å². The van der Waals surface area contributed by atoms with Crippen LogP contribution in [0.1, 0.15) is 5.01 Å². The summed E-state index contributed by atoms with van der Waals surface area (Å²) in [4.78, 5) is 4.68. The molecule has 0 aliphatic heterocycles. The standard InChI is InChI=1S/C15H14N2S/c1-16-9-15-17-14(10-18-15)13-8-4-6-11-5-2-3-7-12(11)13/h2-8,10,16H,9H2,1H3. The lowest BCUT2D eigenvalue weighted by Crippen LogP contribution is -2.04. The first-order valence-corrected chi connectivity index (χ1v) is 6.83. The van der Waals surface area contributed by atoms with Gasteiger partial charge in [0.2, 0.25) is 0 Å². The van der Waals surface area contributed by atoms with Gasteiger partial charge in [0.25, 0.3) is 0 Å².